The van der Waals surface area contributed by atoms with Gasteiger partial charge in [0, 0.05) is 0 Å². The van der Waals surface area contributed by atoms with Gasteiger partial charge >= 0.3 is 0 Å². The molecule has 0 atom stereocenters. The minimum atomic E-state index is -0.200. The number of hydrogen-bond acceptors (Lipinski definition) is 0. The molecule has 152 valence electrons. The van der Waals surface area contributed by atoms with Crippen LogP contribution in [0.1, 0.15) is 116 Å². The van der Waals surface area contributed by atoms with Crippen LogP contribution in [0, 0.1) is 23.7 Å². The van der Waals surface area contributed by atoms with Gasteiger partial charge < -0.3 is 0 Å². The maximum Gasteiger partial charge on any atom is 0.0928 e. The first-order chi connectivity index (χ1) is 12.8. The quantitative estimate of drug-likeness (QED) is 0.240. The summed E-state index contributed by atoms with van der Waals surface area (Å²) in [6, 6.07) is 0. The molecule has 0 unspecified atom stereocenters. The Morgan fingerprint density at radius 3 is 1.92 bits per heavy atom. The zero-order valence-corrected chi connectivity index (χ0v) is 17.6. The standard InChI is InChI=1S/C25H45F/c1-2-3-4-5-6-7-8-11-22-13-17-24(18-14-22)25-19-15-23(16-20-25)12-9-10-21-26/h9,12,22-25H,2-8,10-11,13-21H2,1H3/t22-,23-,24-,25-. The lowest BCUT2D eigenvalue weighted by Crippen LogP contribution is -2.25. The average Bonchev–Trinajstić information content (AvgIpc) is 2.69. The minimum absolute atomic E-state index is 0.200. The molecule has 0 nitrogen and oxygen atoms in total. The molecule has 0 spiro atoms. The van der Waals surface area contributed by atoms with E-state index in [1.807, 2.05) is 0 Å². The largest absolute Gasteiger partial charge is 0.251 e. The molecule has 2 fully saturated rings. The summed E-state index contributed by atoms with van der Waals surface area (Å²) in [4.78, 5) is 0. The first-order valence-electron chi connectivity index (χ1n) is 12.1. The molecule has 0 bridgehead atoms. The fraction of sp³-hybridized carbons (Fsp3) is 0.920. The Morgan fingerprint density at radius 1 is 0.731 bits per heavy atom. The lowest BCUT2D eigenvalue weighted by molar-refractivity contribution is 0.151. The van der Waals surface area contributed by atoms with Gasteiger partial charge in [0.2, 0.25) is 0 Å². The van der Waals surface area contributed by atoms with Crippen molar-refractivity contribution in [3.8, 4) is 0 Å². The molecule has 26 heavy (non-hydrogen) atoms. The van der Waals surface area contributed by atoms with Crippen molar-refractivity contribution in [2.75, 3.05) is 6.67 Å². The van der Waals surface area contributed by atoms with E-state index in [0.29, 0.717) is 6.42 Å². The summed E-state index contributed by atoms with van der Waals surface area (Å²) in [5, 5.41) is 0. The molecule has 2 rings (SSSR count). The highest BCUT2D eigenvalue weighted by atomic mass is 19.1. The van der Waals surface area contributed by atoms with Gasteiger partial charge in [-0.3, -0.25) is 4.39 Å². The van der Waals surface area contributed by atoms with Crippen molar-refractivity contribution in [3.05, 3.63) is 12.2 Å². The predicted molar refractivity (Wildman–Crippen MR) is 113 cm³/mol. The SMILES string of the molecule is CCCCCCCCC[C@H]1CC[C@H]([C@H]2CC[C@H](C=CCCF)CC2)CC1. The topological polar surface area (TPSA) is 0 Å². The first kappa shape index (κ1) is 22.0. The molecule has 0 amide bonds. The van der Waals surface area contributed by atoms with E-state index in [-0.39, 0.29) is 6.67 Å². The van der Waals surface area contributed by atoms with E-state index in [1.54, 1.807) is 0 Å². The van der Waals surface area contributed by atoms with Gasteiger partial charge in [-0.2, -0.15) is 0 Å². The molecule has 2 aliphatic rings. The molecule has 0 radical (unpaired) electrons. The number of hydrogen-bond donors (Lipinski definition) is 0. The predicted octanol–water partition coefficient (Wildman–Crippen LogP) is 8.66. The molecule has 0 saturated heterocycles. The highest BCUT2D eigenvalue weighted by molar-refractivity contribution is 4.92. The number of unbranched alkanes of at least 4 members (excludes halogenated alkanes) is 6. The molecule has 0 aromatic heterocycles. The molecule has 0 aromatic rings. The highest BCUT2D eigenvalue weighted by Gasteiger charge is 2.30. The molecule has 0 N–H and O–H groups in total. The van der Waals surface area contributed by atoms with Crippen molar-refractivity contribution < 1.29 is 4.39 Å². The maximum absolute atomic E-state index is 12.2. The molecule has 2 aliphatic carbocycles. The third-order valence-electron chi connectivity index (χ3n) is 7.27. The lowest BCUT2D eigenvalue weighted by Gasteiger charge is -2.37. The van der Waals surface area contributed by atoms with E-state index in [1.165, 1.54) is 103 Å². The second-order valence-electron chi connectivity index (χ2n) is 9.27. The van der Waals surface area contributed by atoms with Crippen molar-refractivity contribution in [3.63, 3.8) is 0 Å². The van der Waals surface area contributed by atoms with E-state index in [0.717, 1.165) is 23.7 Å². The highest BCUT2D eigenvalue weighted by Crippen LogP contribution is 2.42. The van der Waals surface area contributed by atoms with E-state index in [2.05, 4.69) is 19.1 Å². The van der Waals surface area contributed by atoms with E-state index in [9.17, 15) is 4.39 Å². The lowest BCUT2D eigenvalue weighted by atomic mass is 9.68. The van der Waals surface area contributed by atoms with Crippen LogP contribution < -0.4 is 0 Å². The van der Waals surface area contributed by atoms with Crippen LogP contribution in [0.2, 0.25) is 0 Å². The van der Waals surface area contributed by atoms with Gasteiger partial charge in [-0.15, -0.1) is 0 Å². The van der Waals surface area contributed by atoms with Gasteiger partial charge in [-0.25, -0.2) is 0 Å². The zero-order valence-electron chi connectivity index (χ0n) is 17.6. The minimum Gasteiger partial charge on any atom is -0.251 e. The third-order valence-corrected chi connectivity index (χ3v) is 7.27. The molecular weight excluding hydrogens is 319 g/mol. The second-order valence-corrected chi connectivity index (χ2v) is 9.27. The van der Waals surface area contributed by atoms with E-state index >= 15 is 0 Å². The summed E-state index contributed by atoms with van der Waals surface area (Å²) in [5.74, 6) is 3.81. The van der Waals surface area contributed by atoms with Crippen molar-refractivity contribution in [1.82, 2.24) is 0 Å². The monoisotopic (exact) mass is 364 g/mol. The molecular formula is C25H45F. The van der Waals surface area contributed by atoms with Gasteiger partial charge in [-0.1, -0.05) is 83.3 Å². The third kappa shape index (κ3) is 8.57. The summed E-state index contributed by atoms with van der Waals surface area (Å²) in [6.45, 7) is 2.10. The fourth-order valence-electron chi connectivity index (χ4n) is 5.50. The van der Waals surface area contributed by atoms with E-state index in [4.69, 9.17) is 0 Å². The smallest absolute Gasteiger partial charge is 0.0928 e. The van der Waals surface area contributed by atoms with Crippen LogP contribution in [-0.2, 0) is 0 Å². The van der Waals surface area contributed by atoms with Gasteiger partial charge in [0.05, 0.1) is 6.67 Å². The van der Waals surface area contributed by atoms with Crippen LogP contribution in [0.25, 0.3) is 0 Å². The van der Waals surface area contributed by atoms with Crippen molar-refractivity contribution in [1.29, 1.82) is 0 Å². The summed E-state index contributed by atoms with van der Waals surface area (Å²) in [7, 11) is 0. The van der Waals surface area contributed by atoms with Gasteiger partial charge in [0.1, 0.15) is 0 Å². The molecule has 0 heterocycles. The van der Waals surface area contributed by atoms with Crippen molar-refractivity contribution in [2.45, 2.75) is 116 Å². The van der Waals surface area contributed by atoms with Crippen LogP contribution in [0.3, 0.4) is 0 Å². The maximum atomic E-state index is 12.2. The fourth-order valence-corrected chi connectivity index (χ4v) is 5.50. The van der Waals surface area contributed by atoms with Crippen LogP contribution in [-0.4, -0.2) is 6.67 Å². The molecule has 1 heteroatoms. The normalized spacial score (nSPS) is 30.1. The van der Waals surface area contributed by atoms with Gasteiger partial charge in [0.25, 0.3) is 0 Å². The Bertz CT molecular complexity index is 345. The Morgan fingerprint density at radius 2 is 1.31 bits per heavy atom. The molecule has 0 aliphatic heterocycles. The Kier molecular flexibility index (Phi) is 11.6. The number of halogens is 1. The molecule has 0 aromatic carbocycles. The number of allylic oxidation sites excluding steroid dienone is 2. The Balaban J connectivity index is 1.51. The summed E-state index contributed by atoms with van der Waals surface area (Å²) >= 11 is 0. The first-order valence-corrected chi connectivity index (χ1v) is 12.1. The second kappa shape index (κ2) is 13.8. The summed E-state index contributed by atoms with van der Waals surface area (Å²) < 4.78 is 12.2. The molecule has 2 saturated carbocycles. The van der Waals surface area contributed by atoms with Gasteiger partial charge in [-0.05, 0) is 68.6 Å². The average molecular weight is 365 g/mol. The van der Waals surface area contributed by atoms with E-state index < -0.39 is 0 Å². The van der Waals surface area contributed by atoms with Crippen LogP contribution >= 0.6 is 0 Å². The van der Waals surface area contributed by atoms with Crippen LogP contribution in [0.15, 0.2) is 12.2 Å². The Labute approximate surface area is 163 Å². The summed E-state index contributed by atoms with van der Waals surface area (Å²) in [6.07, 6.45) is 28.2. The van der Waals surface area contributed by atoms with Crippen LogP contribution in [0.5, 0.6) is 0 Å². The van der Waals surface area contributed by atoms with Gasteiger partial charge in [0.15, 0.2) is 0 Å². The van der Waals surface area contributed by atoms with Crippen molar-refractivity contribution in [2.24, 2.45) is 23.7 Å². The Hall–Kier alpha value is -0.330. The van der Waals surface area contributed by atoms with Crippen molar-refractivity contribution >= 4 is 0 Å². The van der Waals surface area contributed by atoms with Crippen LogP contribution in [0.4, 0.5) is 4.39 Å². The number of alkyl halides is 1. The summed E-state index contributed by atoms with van der Waals surface area (Å²) in [5.41, 5.74) is 0. The number of rotatable bonds is 12. The zero-order chi connectivity index (χ0) is 18.5.